The highest BCUT2D eigenvalue weighted by Crippen LogP contribution is 2.19. The quantitative estimate of drug-likeness (QED) is 0.0268. The van der Waals surface area contributed by atoms with Crippen LogP contribution in [0.5, 0.6) is 0 Å². The molecule has 17 nitrogen and oxygen atoms in total. The molecular weight excluding hydrogens is 688 g/mol. The lowest BCUT2D eigenvalue weighted by Crippen LogP contribution is -2.52. The summed E-state index contributed by atoms with van der Waals surface area (Å²) in [4.78, 5) is 76.2. The number of rotatable bonds is 19. The minimum Gasteiger partial charge on any atom is -0.480 e. The summed E-state index contributed by atoms with van der Waals surface area (Å²) >= 11 is 0. The van der Waals surface area contributed by atoms with Gasteiger partial charge in [0.1, 0.15) is 18.1 Å². The first-order valence-electron chi connectivity index (χ1n) is 17.1. The number of nitrogens with zero attached hydrogens (tertiary/aromatic N) is 3. The molecule has 2 rings (SSSR count). The van der Waals surface area contributed by atoms with Crippen molar-refractivity contribution in [3.8, 4) is 6.19 Å². The molecule has 0 radical (unpaired) electrons. The molecule has 2 aromatic rings. The molecule has 0 aliphatic carbocycles. The van der Waals surface area contributed by atoms with Gasteiger partial charge >= 0.3 is 11.9 Å². The van der Waals surface area contributed by atoms with Gasteiger partial charge in [-0.05, 0) is 60.4 Å². The number of nitrogens with one attached hydrogen (secondary N) is 5. The lowest BCUT2D eigenvalue weighted by molar-refractivity contribution is -0.384. The first-order valence-corrected chi connectivity index (χ1v) is 17.1. The van der Waals surface area contributed by atoms with Crippen molar-refractivity contribution in [2.75, 3.05) is 10.6 Å². The van der Waals surface area contributed by atoms with Crippen LogP contribution in [0.1, 0.15) is 78.7 Å². The van der Waals surface area contributed by atoms with E-state index in [2.05, 4.69) is 31.6 Å². The summed E-state index contributed by atoms with van der Waals surface area (Å²) in [5, 5.41) is 52.8. The minimum atomic E-state index is -1.28. The Morgan fingerprint density at radius 1 is 0.811 bits per heavy atom. The van der Waals surface area contributed by atoms with Gasteiger partial charge < -0.3 is 36.8 Å². The van der Waals surface area contributed by atoms with Crippen LogP contribution in [0.3, 0.4) is 0 Å². The number of hydrogen-bond donors (Lipinski definition) is 7. The van der Waals surface area contributed by atoms with Crippen molar-refractivity contribution >= 4 is 52.7 Å². The Bertz CT molecular complexity index is 1660. The molecule has 3 unspecified atom stereocenters. The van der Waals surface area contributed by atoms with E-state index in [4.69, 9.17) is 5.26 Å². The fourth-order valence-electron chi connectivity index (χ4n) is 5.13. The fourth-order valence-corrected chi connectivity index (χ4v) is 5.13. The number of non-ortho nitro benzene ring substituents is 1. The van der Waals surface area contributed by atoms with Crippen LogP contribution >= 0.6 is 0 Å². The molecule has 0 spiro atoms. The summed E-state index contributed by atoms with van der Waals surface area (Å²) in [5.74, 6) is -3.97. The van der Waals surface area contributed by atoms with Gasteiger partial charge in [-0.3, -0.25) is 24.5 Å². The summed E-state index contributed by atoms with van der Waals surface area (Å²) < 4.78 is 0. The first-order chi connectivity index (χ1) is 24.9. The number of carbonyl (C=O) groups is 5. The number of unbranched alkanes of at least 4 members (excludes halogenated alkanes) is 1. The lowest BCUT2D eigenvalue weighted by atomic mass is 9.91. The topological polar surface area (TPSA) is 265 Å². The molecule has 0 saturated carbocycles. The zero-order chi connectivity index (χ0) is 39.7. The van der Waals surface area contributed by atoms with Gasteiger partial charge in [-0.2, -0.15) is 5.26 Å². The second-order valence-electron chi connectivity index (χ2n) is 14.1. The molecule has 0 bridgehead atoms. The van der Waals surface area contributed by atoms with Crippen LogP contribution in [0.4, 0.5) is 17.1 Å². The van der Waals surface area contributed by atoms with Crippen molar-refractivity contribution in [1.82, 2.24) is 16.0 Å². The summed E-state index contributed by atoms with van der Waals surface area (Å²) in [5.41, 5.74) is 1.13. The Hall–Kier alpha value is -6.05. The van der Waals surface area contributed by atoms with Crippen molar-refractivity contribution in [2.45, 2.75) is 97.7 Å². The third kappa shape index (κ3) is 16.7. The third-order valence-corrected chi connectivity index (χ3v) is 7.62. The number of hydrogen-bond acceptors (Lipinski definition) is 9. The lowest BCUT2D eigenvalue weighted by Gasteiger charge is -2.23. The van der Waals surface area contributed by atoms with E-state index in [9.17, 15) is 44.3 Å². The number of nitro groups is 1. The highest BCUT2D eigenvalue weighted by atomic mass is 16.6. The van der Waals surface area contributed by atoms with Crippen molar-refractivity contribution in [2.24, 2.45) is 16.3 Å². The molecule has 17 heteroatoms. The van der Waals surface area contributed by atoms with E-state index in [1.807, 2.05) is 34.6 Å². The molecule has 0 fully saturated rings. The molecule has 0 aliphatic heterocycles. The van der Waals surface area contributed by atoms with Gasteiger partial charge in [0.15, 0.2) is 0 Å². The van der Waals surface area contributed by atoms with E-state index in [0.717, 1.165) is 0 Å². The van der Waals surface area contributed by atoms with Gasteiger partial charge in [-0.25, -0.2) is 9.59 Å². The molecule has 53 heavy (non-hydrogen) atoms. The van der Waals surface area contributed by atoms with Crippen LogP contribution in [0.15, 0.2) is 53.5 Å². The third-order valence-electron chi connectivity index (χ3n) is 7.62. The molecule has 0 saturated heterocycles. The van der Waals surface area contributed by atoms with Crippen LogP contribution in [-0.4, -0.2) is 68.9 Å². The van der Waals surface area contributed by atoms with Gasteiger partial charge in [-0.1, -0.05) is 59.6 Å². The number of carboxylic acid groups (broad SMARTS) is 2. The van der Waals surface area contributed by atoms with E-state index in [1.165, 1.54) is 24.3 Å². The van der Waals surface area contributed by atoms with Crippen LogP contribution in [0.25, 0.3) is 0 Å². The molecule has 3 amide bonds. The normalized spacial score (nSPS) is 13.1. The van der Waals surface area contributed by atoms with Crippen LogP contribution in [0, 0.1) is 32.9 Å². The average molecular weight is 737 g/mol. The molecule has 2 aromatic carbocycles. The zero-order valence-corrected chi connectivity index (χ0v) is 30.5. The van der Waals surface area contributed by atoms with Gasteiger partial charge in [0.25, 0.3) is 5.69 Å². The number of carboxylic acids is 2. The Balaban J connectivity index is 1.97. The maximum Gasteiger partial charge on any atom is 0.326 e. The summed E-state index contributed by atoms with van der Waals surface area (Å²) in [6.45, 7) is 9.28. The highest BCUT2D eigenvalue weighted by Gasteiger charge is 2.28. The predicted molar refractivity (Wildman–Crippen MR) is 197 cm³/mol. The average Bonchev–Trinajstić information content (AvgIpc) is 3.05. The Morgan fingerprint density at radius 2 is 1.30 bits per heavy atom. The van der Waals surface area contributed by atoms with Crippen LogP contribution in [0.2, 0.25) is 0 Å². The Labute approximate surface area is 307 Å². The molecule has 3 atom stereocenters. The zero-order valence-electron chi connectivity index (χ0n) is 30.5. The van der Waals surface area contributed by atoms with Gasteiger partial charge in [0.05, 0.1) is 11.3 Å². The fraction of sp³-hybridized carbons (Fsp3) is 0.472. The summed E-state index contributed by atoms with van der Waals surface area (Å²) in [7, 11) is 0. The maximum absolute atomic E-state index is 13.2. The van der Waals surface area contributed by atoms with Crippen molar-refractivity contribution in [1.29, 1.82) is 5.26 Å². The molecule has 0 aliphatic rings. The van der Waals surface area contributed by atoms with Crippen molar-refractivity contribution in [3.63, 3.8) is 0 Å². The second-order valence-corrected chi connectivity index (χ2v) is 14.1. The number of nitro benzene ring substituents is 1. The highest BCUT2D eigenvalue weighted by molar-refractivity contribution is 6.04. The number of nitriles is 1. The van der Waals surface area contributed by atoms with E-state index in [-0.39, 0.29) is 73.8 Å². The SMILES string of the molecule is CC(C)CC(NC(=O)Cc1ccc(NC(=NC#N)Nc2ccc([N+](=O)[O-])cc2)cc1)C(=O)NC(CCCCC(NC(=O)CC(C)(C)C)C(=O)O)C(=O)O. The van der Waals surface area contributed by atoms with Gasteiger partial charge in [0.2, 0.25) is 29.9 Å². The van der Waals surface area contributed by atoms with E-state index < -0.39 is 46.8 Å². The Morgan fingerprint density at radius 3 is 1.75 bits per heavy atom. The van der Waals surface area contributed by atoms with E-state index in [1.54, 1.807) is 30.5 Å². The summed E-state index contributed by atoms with van der Waals surface area (Å²) in [6, 6.07) is 8.68. The predicted octanol–water partition coefficient (Wildman–Crippen LogP) is 4.16. The van der Waals surface area contributed by atoms with Crippen LogP contribution in [-0.2, 0) is 30.4 Å². The molecule has 7 N–H and O–H groups in total. The van der Waals surface area contributed by atoms with Gasteiger partial charge in [-0.15, -0.1) is 4.99 Å². The van der Waals surface area contributed by atoms with E-state index >= 15 is 0 Å². The number of benzene rings is 2. The van der Waals surface area contributed by atoms with Crippen molar-refractivity contribution < 1.29 is 39.1 Å². The largest absolute Gasteiger partial charge is 0.480 e. The number of anilines is 2. The summed E-state index contributed by atoms with van der Waals surface area (Å²) in [6.07, 6.45) is 2.61. The van der Waals surface area contributed by atoms with Crippen LogP contribution < -0.4 is 26.6 Å². The smallest absolute Gasteiger partial charge is 0.326 e. The molecular formula is C36H48N8O9. The van der Waals surface area contributed by atoms with E-state index in [0.29, 0.717) is 16.9 Å². The molecule has 286 valence electrons. The maximum atomic E-state index is 13.2. The van der Waals surface area contributed by atoms with Crippen molar-refractivity contribution in [3.05, 3.63) is 64.2 Å². The second kappa shape index (κ2) is 20.7. The monoisotopic (exact) mass is 736 g/mol. The Kier molecular flexibility index (Phi) is 16.8. The number of aliphatic carboxylic acids is 2. The molecule has 0 heterocycles. The van der Waals surface area contributed by atoms with Gasteiger partial charge in [0, 0.05) is 29.9 Å². The minimum absolute atomic E-state index is 0.0102. The number of aliphatic imine (C=N–C) groups is 1. The standard InChI is InChI=1S/C36H48N8O9/c1-22(2)18-29(32(47)43-28(34(50)51)9-7-6-8-27(33(48)49)41-31(46)20-36(3,4)5)42-30(45)19-23-10-12-24(13-11-23)39-35(38-21-37)40-25-14-16-26(17-15-25)44(52)53/h10-17,22,27-29H,6-9,18-20H2,1-5H3,(H,41,46)(H,42,45)(H,43,47)(H,48,49)(H,50,51)(H2,38,39,40). The number of amides is 3. The first kappa shape index (κ1) is 43.1. The molecule has 0 aromatic heterocycles. The number of carbonyl (C=O) groups excluding carboxylic acids is 3. The number of guanidine groups is 1.